The van der Waals surface area contributed by atoms with Crippen LogP contribution in [-0.4, -0.2) is 43.9 Å². The molecule has 0 aromatic carbocycles. The predicted octanol–water partition coefficient (Wildman–Crippen LogP) is 3.99. The number of pyridine rings is 1. The number of nitrogens with one attached hydrogen (secondary N) is 2. The minimum atomic E-state index is 0. The van der Waals surface area contributed by atoms with Gasteiger partial charge in [-0.3, -0.25) is 4.99 Å². The second-order valence-corrected chi connectivity index (χ2v) is 8.22. The molecule has 6 nitrogen and oxygen atoms in total. The summed E-state index contributed by atoms with van der Waals surface area (Å²) >= 11 is 0. The minimum absolute atomic E-state index is 0. The Morgan fingerprint density at radius 1 is 1.32 bits per heavy atom. The van der Waals surface area contributed by atoms with Crippen molar-refractivity contribution in [1.29, 1.82) is 0 Å². The molecule has 1 saturated heterocycles. The molecule has 160 valence electrons. The van der Waals surface area contributed by atoms with Gasteiger partial charge in [0.25, 0.3) is 0 Å². The second kappa shape index (κ2) is 12.5. The van der Waals surface area contributed by atoms with Gasteiger partial charge >= 0.3 is 0 Å². The van der Waals surface area contributed by atoms with Crippen LogP contribution in [0.4, 0.5) is 0 Å². The maximum atomic E-state index is 6.07. The predicted molar refractivity (Wildman–Crippen MR) is 126 cm³/mol. The molecule has 2 unspecified atom stereocenters. The van der Waals surface area contributed by atoms with Crippen LogP contribution >= 0.6 is 24.0 Å². The molecule has 1 aromatic rings. The first-order valence-corrected chi connectivity index (χ1v) is 10.1. The fourth-order valence-corrected chi connectivity index (χ4v) is 3.45. The summed E-state index contributed by atoms with van der Waals surface area (Å²) in [5, 5.41) is 6.82. The molecule has 0 radical (unpaired) electrons. The Balaban J connectivity index is 0.00000392. The first-order valence-electron chi connectivity index (χ1n) is 10.1. The van der Waals surface area contributed by atoms with E-state index < -0.39 is 0 Å². The third kappa shape index (κ3) is 8.11. The summed E-state index contributed by atoms with van der Waals surface area (Å²) in [4.78, 5) is 8.68. The van der Waals surface area contributed by atoms with E-state index in [1.54, 1.807) is 7.05 Å². The Labute approximate surface area is 187 Å². The van der Waals surface area contributed by atoms with E-state index in [9.17, 15) is 0 Å². The topological polar surface area (TPSA) is 67.8 Å². The lowest BCUT2D eigenvalue weighted by atomic mass is 9.78. The lowest BCUT2D eigenvalue weighted by Gasteiger charge is -2.40. The van der Waals surface area contributed by atoms with E-state index in [0.717, 1.165) is 37.5 Å². The molecular weight excluding hydrogens is 467 g/mol. The Hall–Kier alpha value is -1.09. The van der Waals surface area contributed by atoms with Crippen molar-refractivity contribution < 1.29 is 9.47 Å². The van der Waals surface area contributed by atoms with Gasteiger partial charge in [-0.2, -0.15) is 0 Å². The summed E-state index contributed by atoms with van der Waals surface area (Å²) in [5.41, 5.74) is 1.24. The van der Waals surface area contributed by atoms with Crippen LogP contribution in [0.3, 0.4) is 0 Å². The van der Waals surface area contributed by atoms with Crippen LogP contribution in [0.15, 0.2) is 23.3 Å². The summed E-state index contributed by atoms with van der Waals surface area (Å²) in [6, 6.07) is 3.94. The second-order valence-electron chi connectivity index (χ2n) is 8.22. The zero-order chi connectivity index (χ0) is 19.7. The number of aromatic nitrogens is 1. The van der Waals surface area contributed by atoms with Crippen molar-refractivity contribution in [2.24, 2.45) is 16.3 Å². The van der Waals surface area contributed by atoms with Crippen LogP contribution in [0.25, 0.3) is 0 Å². The number of rotatable bonds is 7. The number of aliphatic imine (C=N–C) groups is 1. The molecule has 28 heavy (non-hydrogen) atoms. The van der Waals surface area contributed by atoms with Gasteiger partial charge in [0.1, 0.15) is 0 Å². The van der Waals surface area contributed by atoms with E-state index >= 15 is 0 Å². The molecule has 1 aliphatic heterocycles. The first-order chi connectivity index (χ1) is 12.9. The van der Waals surface area contributed by atoms with Gasteiger partial charge < -0.3 is 20.1 Å². The Kier molecular flexibility index (Phi) is 11.1. The van der Waals surface area contributed by atoms with Crippen molar-refractivity contribution in [3.05, 3.63) is 23.9 Å². The molecule has 2 atom stereocenters. The van der Waals surface area contributed by atoms with Crippen molar-refractivity contribution >= 4 is 29.9 Å². The van der Waals surface area contributed by atoms with Gasteiger partial charge in [-0.25, -0.2) is 4.98 Å². The number of hydrogen-bond donors (Lipinski definition) is 2. The molecule has 7 heteroatoms. The summed E-state index contributed by atoms with van der Waals surface area (Å²) in [6.07, 6.45) is 5.42. The van der Waals surface area contributed by atoms with E-state index in [1.165, 1.54) is 6.42 Å². The Bertz CT molecular complexity index is 587. The lowest BCUT2D eigenvalue weighted by Crippen LogP contribution is -2.47. The van der Waals surface area contributed by atoms with Crippen LogP contribution < -0.4 is 15.4 Å². The fraction of sp³-hybridized carbons (Fsp3) is 0.714. The average molecular weight is 504 g/mol. The van der Waals surface area contributed by atoms with Crippen molar-refractivity contribution in [2.75, 3.05) is 26.8 Å². The fourth-order valence-electron chi connectivity index (χ4n) is 3.45. The molecule has 0 aliphatic carbocycles. The number of guanidine groups is 1. The highest BCUT2D eigenvalue weighted by molar-refractivity contribution is 14.0. The zero-order valence-corrected chi connectivity index (χ0v) is 20.3. The number of ether oxygens (including phenoxy) is 2. The normalized spacial score (nSPS) is 20.2. The van der Waals surface area contributed by atoms with Crippen molar-refractivity contribution in [3.63, 3.8) is 0 Å². The SMILES string of the molecule is CCCOc1ccc(CNC(=NC)NCC2CCCOC2C(C)(C)C)cn1.I. The van der Waals surface area contributed by atoms with Gasteiger partial charge in [-0.05, 0) is 30.2 Å². The van der Waals surface area contributed by atoms with Crippen molar-refractivity contribution in [1.82, 2.24) is 15.6 Å². The summed E-state index contributed by atoms with van der Waals surface area (Å²) in [6.45, 7) is 11.9. The summed E-state index contributed by atoms with van der Waals surface area (Å²) < 4.78 is 11.6. The highest BCUT2D eigenvalue weighted by Gasteiger charge is 2.35. The average Bonchev–Trinajstić information content (AvgIpc) is 2.67. The molecule has 0 amide bonds. The summed E-state index contributed by atoms with van der Waals surface area (Å²) in [7, 11) is 1.80. The molecule has 0 saturated carbocycles. The largest absolute Gasteiger partial charge is 0.478 e. The Morgan fingerprint density at radius 3 is 2.71 bits per heavy atom. The molecule has 1 fully saturated rings. The quantitative estimate of drug-likeness (QED) is 0.334. The van der Waals surface area contributed by atoms with Crippen molar-refractivity contribution in [3.8, 4) is 5.88 Å². The van der Waals surface area contributed by atoms with Gasteiger partial charge in [0.05, 0.1) is 12.7 Å². The monoisotopic (exact) mass is 504 g/mol. The van der Waals surface area contributed by atoms with Crippen molar-refractivity contribution in [2.45, 2.75) is 59.6 Å². The van der Waals surface area contributed by atoms with Crippen LogP contribution in [0.1, 0.15) is 52.5 Å². The van der Waals surface area contributed by atoms with E-state index in [4.69, 9.17) is 9.47 Å². The molecule has 2 rings (SSSR count). The summed E-state index contributed by atoms with van der Waals surface area (Å²) in [5.74, 6) is 1.97. The number of nitrogens with zero attached hydrogens (tertiary/aromatic N) is 2. The van der Waals surface area contributed by atoms with E-state index in [1.807, 2.05) is 18.3 Å². The minimum Gasteiger partial charge on any atom is -0.478 e. The zero-order valence-electron chi connectivity index (χ0n) is 18.0. The van der Waals surface area contributed by atoms with Gasteiger partial charge in [0, 0.05) is 44.9 Å². The maximum Gasteiger partial charge on any atom is 0.213 e. The highest BCUT2D eigenvalue weighted by Crippen LogP contribution is 2.33. The number of hydrogen-bond acceptors (Lipinski definition) is 4. The third-order valence-corrected chi connectivity index (χ3v) is 4.77. The molecule has 1 aromatic heterocycles. The highest BCUT2D eigenvalue weighted by atomic mass is 127. The van der Waals surface area contributed by atoms with Gasteiger partial charge in [-0.1, -0.05) is 33.8 Å². The van der Waals surface area contributed by atoms with Gasteiger partial charge in [-0.15, -0.1) is 24.0 Å². The van der Waals surface area contributed by atoms with Crippen LogP contribution in [-0.2, 0) is 11.3 Å². The van der Waals surface area contributed by atoms with E-state index in [0.29, 0.717) is 24.9 Å². The van der Waals surface area contributed by atoms with Gasteiger partial charge in [0.2, 0.25) is 5.88 Å². The lowest BCUT2D eigenvalue weighted by molar-refractivity contribution is -0.0835. The molecule has 1 aliphatic rings. The van der Waals surface area contributed by atoms with Crippen LogP contribution in [0.5, 0.6) is 5.88 Å². The number of halogens is 1. The van der Waals surface area contributed by atoms with Crippen LogP contribution in [0.2, 0.25) is 0 Å². The Morgan fingerprint density at radius 2 is 2.11 bits per heavy atom. The maximum absolute atomic E-state index is 6.07. The van der Waals surface area contributed by atoms with E-state index in [-0.39, 0.29) is 35.5 Å². The standard InChI is InChI=1S/C21H36N4O2.HI/c1-6-11-26-18-10-9-16(13-23-18)14-24-20(22-5)25-15-17-8-7-12-27-19(17)21(2,3)4;/h9-10,13,17,19H,6-8,11-12,14-15H2,1-5H3,(H2,22,24,25);1H. The molecule has 0 spiro atoms. The van der Waals surface area contributed by atoms with Gasteiger partial charge in [0.15, 0.2) is 5.96 Å². The van der Waals surface area contributed by atoms with Crippen LogP contribution in [0, 0.1) is 11.3 Å². The molecule has 0 bridgehead atoms. The van der Waals surface area contributed by atoms with E-state index in [2.05, 4.69) is 48.3 Å². The molecule has 2 heterocycles. The first kappa shape index (κ1) is 24.9. The molecule has 2 N–H and O–H groups in total. The molecular formula is C21H37IN4O2. The smallest absolute Gasteiger partial charge is 0.213 e. The third-order valence-electron chi connectivity index (χ3n) is 4.77.